The van der Waals surface area contributed by atoms with E-state index in [0.717, 1.165) is 0 Å². The van der Waals surface area contributed by atoms with Crippen LogP contribution in [0.25, 0.3) is 5.76 Å². The molecular formula is C26H31NO7. The first-order valence-corrected chi connectivity index (χ1v) is 11.2. The van der Waals surface area contributed by atoms with E-state index in [9.17, 15) is 14.7 Å². The molecule has 1 unspecified atom stereocenters. The van der Waals surface area contributed by atoms with Gasteiger partial charge in [-0.1, -0.05) is 6.07 Å². The van der Waals surface area contributed by atoms with Crippen LogP contribution in [-0.2, 0) is 14.3 Å². The van der Waals surface area contributed by atoms with Crippen LogP contribution >= 0.6 is 0 Å². The first-order valence-electron chi connectivity index (χ1n) is 11.2. The largest absolute Gasteiger partial charge is 0.507 e. The van der Waals surface area contributed by atoms with Crippen molar-refractivity contribution in [1.29, 1.82) is 0 Å². The van der Waals surface area contributed by atoms with Gasteiger partial charge in [0.25, 0.3) is 11.7 Å². The summed E-state index contributed by atoms with van der Waals surface area (Å²) in [5, 5.41) is 11.2. The minimum atomic E-state index is -0.813. The number of rotatable bonds is 10. The van der Waals surface area contributed by atoms with E-state index < -0.39 is 17.7 Å². The first kappa shape index (κ1) is 25.1. The van der Waals surface area contributed by atoms with Crippen LogP contribution in [0.1, 0.15) is 37.9 Å². The van der Waals surface area contributed by atoms with Crippen LogP contribution in [0.3, 0.4) is 0 Å². The van der Waals surface area contributed by atoms with Gasteiger partial charge in [0.05, 0.1) is 38.0 Å². The molecule has 0 radical (unpaired) electrons. The zero-order chi connectivity index (χ0) is 24.8. The Balaban J connectivity index is 2.12. The highest BCUT2D eigenvalue weighted by Crippen LogP contribution is 2.42. The second-order valence-corrected chi connectivity index (χ2v) is 8.02. The number of ketones is 1. The van der Waals surface area contributed by atoms with Gasteiger partial charge in [-0.05, 0) is 62.7 Å². The van der Waals surface area contributed by atoms with E-state index in [1.165, 1.54) is 19.1 Å². The second kappa shape index (κ2) is 11.1. The van der Waals surface area contributed by atoms with E-state index in [2.05, 4.69) is 0 Å². The van der Waals surface area contributed by atoms with Gasteiger partial charge in [0, 0.05) is 19.2 Å². The lowest BCUT2D eigenvalue weighted by molar-refractivity contribution is -0.140. The Morgan fingerprint density at radius 1 is 1.06 bits per heavy atom. The molecule has 1 amide bonds. The van der Waals surface area contributed by atoms with Gasteiger partial charge in [-0.2, -0.15) is 0 Å². The summed E-state index contributed by atoms with van der Waals surface area (Å²) in [6, 6.07) is 11.1. The molecule has 1 atom stereocenters. The Kier molecular flexibility index (Phi) is 8.17. The van der Waals surface area contributed by atoms with Gasteiger partial charge in [0.15, 0.2) is 11.5 Å². The number of methoxy groups -OCH3 is 2. The molecule has 0 aromatic heterocycles. The molecule has 1 heterocycles. The Bertz CT molecular complexity index is 1060. The van der Waals surface area contributed by atoms with Crippen LogP contribution in [0.2, 0.25) is 0 Å². The van der Waals surface area contributed by atoms with Crippen molar-refractivity contribution >= 4 is 17.4 Å². The number of aliphatic hydroxyl groups excluding tert-OH is 1. The Hall–Kier alpha value is -3.52. The molecule has 2 aromatic carbocycles. The van der Waals surface area contributed by atoms with Crippen molar-refractivity contribution in [1.82, 2.24) is 4.90 Å². The molecule has 0 spiro atoms. The molecular weight excluding hydrogens is 438 g/mol. The van der Waals surface area contributed by atoms with Crippen LogP contribution in [0.4, 0.5) is 0 Å². The zero-order valence-electron chi connectivity index (χ0n) is 20.2. The SMILES string of the molecule is CCOc1cc(C2/C(=C(/O)c3ccc(OC(C)C)cc3)C(=O)C(=O)N2CCOC)ccc1OC. The molecule has 1 aliphatic rings. The number of carbonyl (C=O) groups excluding carboxylic acids is 2. The Morgan fingerprint density at radius 3 is 2.35 bits per heavy atom. The van der Waals surface area contributed by atoms with E-state index in [4.69, 9.17) is 18.9 Å². The Morgan fingerprint density at radius 2 is 1.76 bits per heavy atom. The van der Waals surface area contributed by atoms with Gasteiger partial charge in [-0.3, -0.25) is 9.59 Å². The Labute approximate surface area is 199 Å². The second-order valence-electron chi connectivity index (χ2n) is 8.02. The minimum Gasteiger partial charge on any atom is -0.507 e. The number of amides is 1. The number of aliphatic hydroxyl groups is 1. The number of carbonyl (C=O) groups is 2. The zero-order valence-corrected chi connectivity index (χ0v) is 20.2. The molecule has 8 nitrogen and oxygen atoms in total. The quantitative estimate of drug-likeness (QED) is 0.320. The third-order valence-corrected chi connectivity index (χ3v) is 5.38. The fraction of sp³-hybridized carbons (Fsp3) is 0.385. The van der Waals surface area contributed by atoms with Crippen molar-refractivity contribution in [3.63, 3.8) is 0 Å². The summed E-state index contributed by atoms with van der Waals surface area (Å²) in [6.45, 7) is 6.51. The van der Waals surface area contributed by atoms with Crippen molar-refractivity contribution < 1.29 is 33.6 Å². The number of hydrogen-bond acceptors (Lipinski definition) is 7. The molecule has 1 N–H and O–H groups in total. The van der Waals surface area contributed by atoms with Crippen molar-refractivity contribution in [3.05, 3.63) is 59.2 Å². The van der Waals surface area contributed by atoms with Crippen LogP contribution < -0.4 is 14.2 Å². The van der Waals surface area contributed by atoms with E-state index >= 15 is 0 Å². The van der Waals surface area contributed by atoms with Crippen LogP contribution in [0.5, 0.6) is 17.2 Å². The maximum atomic E-state index is 13.1. The fourth-order valence-electron chi connectivity index (χ4n) is 3.90. The molecule has 0 saturated carbocycles. The molecule has 0 aliphatic carbocycles. The number of nitrogens with zero attached hydrogens (tertiary/aromatic N) is 1. The van der Waals surface area contributed by atoms with E-state index in [-0.39, 0.29) is 30.6 Å². The standard InChI is InChI=1S/C26H31NO7/c1-6-33-21-15-18(9-12-20(21)32-5)23-22(25(29)26(30)27(23)13-14-31-4)24(28)17-7-10-19(11-8-17)34-16(2)3/h7-12,15-16,23,28H,6,13-14H2,1-5H3/b24-22-. The van der Waals surface area contributed by atoms with E-state index in [1.807, 2.05) is 20.8 Å². The summed E-state index contributed by atoms with van der Waals surface area (Å²) < 4.78 is 21.9. The maximum Gasteiger partial charge on any atom is 0.295 e. The lowest BCUT2D eigenvalue weighted by Gasteiger charge is -2.25. The molecule has 8 heteroatoms. The third-order valence-electron chi connectivity index (χ3n) is 5.38. The average Bonchev–Trinajstić information content (AvgIpc) is 3.07. The van der Waals surface area contributed by atoms with Gasteiger partial charge in [0.2, 0.25) is 0 Å². The van der Waals surface area contributed by atoms with Crippen LogP contribution in [0, 0.1) is 0 Å². The number of ether oxygens (including phenoxy) is 4. The summed E-state index contributed by atoms with van der Waals surface area (Å²) in [6.07, 6.45) is 0.000151. The molecule has 3 rings (SSSR count). The van der Waals surface area contributed by atoms with E-state index in [1.54, 1.807) is 42.5 Å². The number of benzene rings is 2. The predicted molar refractivity (Wildman–Crippen MR) is 127 cm³/mol. The molecule has 1 fully saturated rings. The van der Waals surface area contributed by atoms with Gasteiger partial charge in [0.1, 0.15) is 11.5 Å². The van der Waals surface area contributed by atoms with Gasteiger partial charge in [-0.25, -0.2) is 0 Å². The molecule has 1 saturated heterocycles. The van der Waals surface area contributed by atoms with Crippen LogP contribution in [-0.4, -0.2) is 61.8 Å². The number of likely N-dealkylation sites (tertiary alicyclic amines) is 1. The highest BCUT2D eigenvalue weighted by Gasteiger charge is 2.46. The molecule has 0 bridgehead atoms. The summed E-state index contributed by atoms with van der Waals surface area (Å²) in [5.41, 5.74) is 1.02. The van der Waals surface area contributed by atoms with Gasteiger partial charge < -0.3 is 29.0 Å². The van der Waals surface area contributed by atoms with Crippen molar-refractivity contribution in [3.8, 4) is 17.2 Å². The minimum absolute atomic E-state index is 0.000151. The van der Waals surface area contributed by atoms with Crippen molar-refractivity contribution in [2.75, 3.05) is 34.0 Å². The van der Waals surface area contributed by atoms with Gasteiger partial charge >= 0.3 is 0 Å². The molecule has 34 heavy (non-hydrogen) atoms. The first-order chi connectivity index (χ1) is 16.3. The normalized spacial score (nSPS) is 17.4. The maximum absolute atomic E-state index is 13.1. The highest BCUT2D eigenvalue weighted by molar-refractivity contribution is 6.46. The van der Waals surface area contributed by atoms with Crippen molar-refractivity contribution in [2.45, 2.75) is 32.9 Å². The summed E-state index contributed by atoms with van der Waals surface area (Å²) in [5.74, 6) is -0.0597. The summed E-state index contributed by atoms with van der Waals surface area (Å²) in [4.78, 5) is 27.5. The number of hydrogen-bond donors (Lipinski definition) is 1. The predicted octanol–water partition coefficient (Wildman–Crippen LogP) is 3.95. The summed E-state index contributed by atoms with van der Waals surface area (Å²) in [7, 11) is 3.06. The molecule has 2 aromatic rings. The molecule has 1 aliphatic heterocycles. The average molecular weight is 470 g/mol. The van der Waals surface area contributed by atoms with Crippen LogP contribution in [0.15, 0.2) is 48.0 Å². The molecule has 182 valence electrons. The van der Waals surface area contributed by atoms with Crippen molar-refractivity contribution in [2.24, 2.45) is 0 Å². The number of Topliss-reactive ketones (excluding diaryl/α,β-unsaturated/α-hetero) is 1. The third kappa shape index (κ3) is 5.17. The smallest absolute Gasteiger partial charge is 0.295 e. The van der Waals surface area contributed by atoms with E-state index in [0.29, 0.717) is 35.0 Å². The fourth-order valence-corrected chi connectivity index (χ4v) is 3.90. The monoisotopic (exact) mass is 469 g/mol. The summed E-state index contributed by atoms with van der Waals surface area (Å²) >= 11 is 0. The lowest BCUT2D eigenvalue weighted by atomic mass is 9.95. The topological polar surface area (TPSA) is 94.5 Å². The highest BCUT2D eigenvalue weighted by atomic mass is 16.5. The van der Waals surface area contributed by atoms with Gasteiger partial charge in [-0.15, -0.1) is 0 Å². The lowest BCUT2D eigenvalue weighted by Crippen LogP contribution is -2.32.